The normalized spacial score (nSPS) is 25.2. The van der Waals surface area contributed by atoms with Crippen molar-refractivity contribution in [2.75, 3.05) is 0 Å². The van der Waals surface area contributed by atoms with Crippen LogP contribution in [0.25, 0.3) is 0 Å². The lowest BCUT2D eigenvalue weighted by molar-refractivity contribution is 0.544. The number of hydrogen-bond donors (Lipinski definition) is 0. The van der Waals surface area contributed by atoms with Crippen molar-refractivity contribution in [2.45, 2.75) is 32.6 Å². The smallest absolute Gasteiger partial charge is 0.0666 e. The van der Waals surface area contributed by atoms with Crippen molar-refractivity contribution in [3.63, 3.8) is 0 Å². The Kier molecular flexibility index (Phi) is 2.50. The van der Waals surface area contributed by atoms with Crippen LogP contribution < -0.4 is 0 Å². The van der Waals surface area contributed by atoms with Crippen LogP contribution >= 0.6 is 0 Å². The SMILES string of the molecule is CC1CCCC=C1CC#N. The van der Waals surface area contributed by atoms with Gasteiger partial charge in [-0.3, -0.25) is 0 Å². The Hall–Kier alpha value is -0.770. The van der Waals surface area contributed by atoms with E-state index in [1.165, 1.54) is 24.8 Å². The number of nitrogens with zero attached hydrogens (tertiary/aromatic N) is 1. The van der Waals surface area contributed by atoms with E-state index in [-0.39, 0.29) is 0 Å². The van der Waals surface area contributed by atoms with Gasteiger partial charge in [-0.15, -0.1) is 0 Å². The minimum Gasteiger partial charge on any atom is -0.198 e. The van der Waals surface area contributed by atoms with Crippen LogP contribution in [0.3, 0.4) is 0 Å². The van der Waals surface area contributed by atoms with Gasteiger partial charge in [0.25, 0.3) is 0 Å². The maximum absolute atomic E-state index is 8.45. The molecule has 0 spiro atoms. The molecule has 1 rings (SSSR count). The molecule has 1 aliphatic carbocycles. The summed E-state index contributed by atoms with van der Waals surface area (Å²) < 4.78 is 0. The van der Waals surface area contributed by atoms with E-state index in [2.05, 4.69) is 19.1 Å². The number of hydrogen-bond acceptors (Lipinski definition) is 1. The van der Waals surface area contributed by atoms with E-state index >= 15 is 0 Å². The van der Waals surface area contributed by atoms with Crippen LogP contribution in [0.2, 0.25) is 0 Å². The third-order valence-corrected chi connectivity index (χ3v) is 2.16. The molecule has 0 heterocycles. The molecule has 0 radical (unpaired) electrons. The largest absolute Gasteiger partial charge is 0.198 e. The summed E-state index contributed by atoms with van der Waals surface area (Å²) in [6, 6.07) is 2.20. The Labute approximate surface area is 62.4 Å². The monoisotopic (exact) mass is 135 g/mol. The predicted octanol–water partition coefficient (Wildman–Crippen LogP) is 2.65. The van der Waals surface area contributed by atoms with Gasteiger partial charge >= 0.3 is 0 Å². The first kappa shape index (κ1) is 7.34. The summed E-state index contributed by atoms with van der Waals surface area (Å²) >= 11 is 0. The van der Waals surface area contributed by atoms with E-state index in [1.807, 2.05) is 0 Å². The highest BCUT2D eigenvalue weighted by Crippen LogP contribution is 2.25. The van der Waals surface area contributed by atoms with Crippen LogP contribution in [-0.4, -0.2) is 0 Å². The zero-order valence-corrected chi connectivity index (χ0v) is 6.43. The van der Waals surface area contributed by atoms with Crippen molar-refractivity contribution in [3.8, 4) is 6.07 Å². The molecule has 1 aliphatic rings. The van der Waals surface area contributed by atoms with Gasteiger partial charge in [-0.2, -0.15) is 5.26 Å². The zero-order chi connectivity index (χ0) is 7.40. The van der Waals surface area contributed by atoms with Gasteiger partial charge < -0.3 is 0 Å². The van der Waals surface area contributed by atoms with Crippen LogP contribution in [-0.2, 0) is 0 Å². The summed E-state index contributed by atoms with van der Waals surface area (Å²) in [6.45, 7) is 2.21. The van der Waals surface area contributed by atoms with Crippen LogP contribution in [0, 0.1) is 17.2 Å². The van der Waals surface area contributed by atoms with E-state index in [0.717, 1.165) is 0 Å². The Bertz CT molecular complexity index is 174. The first-order chi connectivity index (χ1) is 4.84. The molecule has 0 aromatic carbocycles. The third kappa shape index (κ3) is 1.60. The predicted molar refractivity (Wildman–Crippen MR) is 41.3 cm³/mol. The Morgan fingerprint density at radius 2 is 2.60 bits per heavy atom. The molecule has 0 amide bonds. The summed E-state index contributed by atoms with van der Waals surface area (Å²) in [5, 5.41) is 8.45. The molecule has 0 aromatic rings. The van der Waals surface area contributed by atoms with Crippen molar-refractivity contribution < 1.29 is 0 Å². The molecule has 1 atom stereocenters. The maximum atomic E-state index is 8.45. The first-order valence-corrected chi connectivity index (χ1v) is 3.90. The molecule has 1 nitrogen and oxygen atoms in total. The van der Waals surface area contributed by atoms with E-state index in [4.69, 9.17) is 5.26 Å². The summed E-state index contributed by atoms with van der Waals surface area (Å²) in [6.07, 6.45) is 6.63. The Balaban J connectivity index is 2.55. The minimum atomic E-state index is 0.640. The highest BCUT2D eigenvalue weighted by molar-refractivity contribution is 5.13. The molecule has 0 N–H and O–H groups in total. The summed E-state index contributed by atoms with van der Waals surface area (Å²) in [7, 11) is 0. The second kappa shape index (κ2) is 3.41. The van der Waals surface area contributed by atoms with Crippen molar-refractivity contribution in [2.24, 2.45) is 5.92 Å². The van der Waals surface area contributed by atoms with Gasteiger partial charge in [0.15, 0.2) is 0 Å². The third-order valence-electron chi connectivity index (χ3n) is 2.16. The molecule has 0 saturated heterocycles. The lowest BCUT2D eigenvalue weighted by atomic mass is 9.88. The van der Waals surface area contributed by atoms with Gasteiger partial charge in [0.2, 0.25) is 0 Å². The molecular weight excluding hydrogens is 122 g/mol. The van der Waals surface area contributed by atoms with Crippen LogP contribution in [0.4, 0.5) is 0 Å². The Morgan fingerprint density at radius 3 is 3.20 bits per heavy atom. The van der Waals surface area contributed by atoms with E-state index in [1.54, 1.807) is 0 Å². The molecule has 0 saturated carbocycles. The average Bonchev–Trinajstić information content (AvgIpc) is 1.94. The van der Waals surface area contributed by atoms with Gasteiger partial charge in [0.05, 0.1) is 12.5 Å². The van der Waals surface area contributed by atoms with Gasteiger partial charge in [-0.1, -0.05) is 18.6 Å². The van der Waals surface area contributed by atoms with Crippen LogP contribution in [0.5, 0.6) is 0 Å². The maximum Gasteiger partial charge on any atom is 0.0666 e. The van der Waals surface area contributed by atoms with Crippen LogP contribution in [0.1, 0.15) is 32.6 Å². The molecule has 0 aliphatic heterocycles. The topological polar surface area (TPSA) is 23.8 Å². The molecule has 0 aromatic heterocycles. The Morgan fingerprint density at radius 1 is 1.80 bits per heavy atom. The van der Waals surface area contributed by atoms with Gasteiger partial charge in [-0.05, 0) is 25.2 Å². The molecule has 0 fully saturated rings. The summed E-state index contributed by atoms with van der Waals surface area (Å²) in [5.74, 6) is 0.661. The summed E-state index contributed by atoms with van der Waals surface area (Å²) in [5.41, 5.74) is 1.36. The second-order valence-electron chi connectivity index (χ2n) is 2.95. The lowest BCUT2D eigenvalue weighted by Gasteiger charge is -2.17. The van der Waals surface area contributed by atoms with E-state index in [0.29, 0.717) is 12.3 Å². The van der Waals surface area contributed by atoms with Crippen LogP contribution in [0.15, 0.2) is 11.6 Å². The van der Waals surface area contributed by atoms with Gasteiger partial charge in [0.1, 0.15) is 0 Å². The standard InChI is InChI=1S/C9H13N/c1-8-4-2-3-5-9(8)6-7-10/h5,8H,2-4,6H2,1H3. The molecule has 1 unspecified atom stereocenters. The fraction of sp³-hybridized carbons (Fsp3) is 0.667. The van der Waals surface area contributed by atoms with Crippen molar-refractivity contribution in [1.29, 1.82) is 5.26 Å². The first-order valence-electron chi connectivity index (χ1n) is 3.90. The average molecular weight is 135 g/mol. The summed E-state index contributed by atoms with van der Waals surface area (Å²) in [4.78, 5) is 0. The fourth-order valence-electron chi connectivity index (χ4n) is 1.44. The number of allylic oxidation sites excluding steroid dienone is 2. The molecule has 54 valence electrons. The molecule has 10 heavy (non-hydrogen) atoms. The quantitative estimate of drug-likeness (QED) is 0.507. The number of rotatable bonds is 1. The highest BCUT2D eigenvalue weighted by atomic mass is 14.2. The number of nitriles is 1. The van der Waals surface area contributed by atoms with Crippen molar-refractivity contribution >= 4 is 0 Å². The zero-order valence-electron chi connectivity index (χ0n) is 6.43. The molecule has 1 heteroatoms. The van der Waals surface area contributed by atoms with E-state index in [9.17, 15) is 0 Å². The molecule has 0 bridgehead atoms. The fourth-order valence-corrected chi connectivity index (χ4v) is 1.44. The molecular formula is C9H13N. The lowest BCUT2D eigenvalue weighted by Crippen LogP contribution is -2.03. The highest BCUT2D eigenvalue weighted by Gasteiger charge is 2.11. The van der Waals surface area contributed by atoms with E-state index < -0.39 is 0 Å². The van der Waals surface area contributed by atoms with Crippen molar-refractivity contribution in [3.05, 3.63) is 11.6 Å². The van der Waals surface area contributed by atoms with Crippen molar-refractivity contribution in [1.82, 2.24) is 0 Å². The second-order valence-corrected chi connectivity index (χ2v) is 2.95. The minimum absolute atomic E-state index is 0.640. The van der Waals surface area contributed by atoms with Gasteiger partial charge in [0, 0.05) is 0 Å². The van der Waals surface area contributed by atoms with Gasteiger partial charge in [-0.25, -0.2) is 0 Å².